The molecule has 0 bridgehead atoms. The van der Waals surface area contributed by atoms with Crippen molar-refractivity contribution in [2.45, 2.75) is 45.0 Å². The number of carbonyl (C=O) groups excluding carboxylic acids is 1. The largest absolute Gasteiger partial charge is 0.477 e. The van der Waals surface area contributed by atoms with Crippen molar-refractivity contribution < 1.29 is 24.0 Å². The standard InChI is InChI=1S/C18H23N3O4/c1-2-3-5-8-19-14-16(22)21-15(18(23)24)13(12-25-17(14)21)11-20-9-6-4-7-10-20/h4,6-7,9-10,14,17,19H,2-3,5,8,11-12H2,1H3/p+1/t14-,17+/m0/s1. The Morgan fingerprint density at radius 1 is 1.36 bits per heavy atom. The molecule has 1 fully saturated rings. The van der Waals surface area contributed by atoms with Crippen LogP contribution in [0.15, 0.2) is 41.9 Å². The molecule has 25 heavy (non-hydrogen) atoms. The van der Waals surface area contributed by atoms with Gasteiger partial charge in [0.25, 0.3) is 5.91 Å². The summed E-state index contributed by atoms with van der Waals surface area (Å²) in [4.78, 5) is 25.5. The lowest BCUT2D eigenvalue weighted by molar-refractivity contribution is -0.689. The van der Waals surface area contributed by atoms with Crippen LogP contribution in [0.5, 0.6) is 0 Å². The lowest BCUT2D eigenvalue weighted by atomic mass is 9.98. The molecule has 2 aliphatic heterocycles. The Morgan fingerprint density at radius 3 is 2.80 bits per heavy atom. The van der Waals surface area contributed by atoms with E-state index in [1.807, 2.05) is 35.2 Å². The molecule has 0 aromatic carbocycles. The Morgan fingerprint density at radius 2 is 2.12 bits per heavy atom. The Hall–Kier alpha value is -2.25. The zero-order chi connectivity index (χ0) is 17.8. The fourth-order valence-corrected chi connectivity index (χ4v) is 3.25. The third-order valence-corrected chi connectivity index (χ3v) is 4.55. The van der Waals surface area contributed by atoms with Gasteiger partial charge in [-0.25, -0.2) is 9.36 Å². The van der Waals surface area contributed by atoms with Gasteiger partial charge in [-0.15, -0.1) is 0 Å². The Balaban J connectivity index is 1.73. The van der Waals surface area contributed by atoms with E-state index in [1.54, 1.807) is 0 Å². The van der Waals surface area contributed by atoms with Gasteiger partial charge in [0, 0.05) is 12.1 Å². The topological polar surface area (TPSA) is 82.8 Å². The van der Waals surface area contributed by atoms with E-state index in [0.29, 0.717) is 12.1 Å². The summed E-state index contributed by atoms with van der Waals surface area (Å²) in [6, 6.07) is 5.19. The van der Waals surface area contributed by atoms with Gasteiger partial charge < -0.3 is 15.2 Å². The van der Waals surface area contributed by atoms with Crippen LogP contribution in [0.4, 0.5) is 0 Å². The summed E-state index contributed by atoms with van der Waals surface area (Å²) in [5.74, 6) is -1.31. The maximum atomic E-state index is 12.5. The molecule has 2 N–H and O–H groups in total. The molecule has 1 aromatic rings. The number of hydrogen-bond acceptors (Lipinski definition) is 4. The van der Waals surface area contributed by atoms with Crippen molar-refractivity contribution in [3.63, 3.8) is 0 Å². The van der Waals surface area contributed by atoms with E-state index in [-0.39, 0.29) is 18.2 Å². The number of carboxylic acid groups (broad SMARTS) is 1. The molecule has 0 radical (unpaired) electrons. The average molecular weight is 346 g/mol. The molecule has 1 saturated heterocycles. The van der Waals surface area contributed by atoms with E-state index in [1.165, 1.54) is 4.90 Å². The van der Waals surface area contributed by atoms with E-state index >= 15 is 0 Å². The average Bonchev–Trinajstić information content (AvgIpc) is 2.62. The van der Waals surface area contributed by atoms with Gasteiger partial charge in [0.15, 0.2) is 25.2 Å². The van der Waals surface area contributed by atoms with E-state index in [2.05, 4.69) is 12.2 Å². The minimum atomic E-state index is -1.09. The predicted octanol–water partition coefficient (Wildman–Crippen LogP) is 0.660. The summed E-state index contributed by atoms with van der Waals surface area (Å²) in [7, 11) is 0. The zero-order valence-corrected chi connectivity index (χ0v) is 14.4. The van der Waals surface area contributed by atoms with E-state index in [0.717, 1.165) is 25.8 Å². The molecular weight excluding hydrogens is 322 g/mol. The Kier molecular flexibility index (Phi) is 5.45. The molecular formula is C18H24N3O4+. The molecule has 0 unspecified atom stereocenters. The molecule has 0 saturated carbocycles. The number of carbonyl (C=O) groups is 2. The maximum absolute atomic E-state index is 12.5. The summed E-state index contributed by atoms with van der Waals surface area (Å²) >= 11 is 0. The van der Waals surface area contributed by atoms with Crippen molar-refractivity contribution in [2.75, 3.05) is 13.2 Å². The third kappa shape index (κ3) is 3.57. The first kappa shape index (κ1) is 17.6. The molecule has 1 aromatic heterocycles. The van der Waals surface area contributed by atoms with Gasteiger partial charge in [-0.3, -0.25) is 9.69 Å². The first-order valence-corrected chi connectivity index (χ1v) is 8.71. The van der Waals surface area contributed by atoms with Crippen molar-refractivity contribution >= 4 is 11.9 Å². The van der Waals surface area contributed by atoms with Crippen LogP contribution < -0.4 is 9.88 Å². The first-order valence-electron chi connectivity index (χ1n) is 8.71. The molecule has 3 rings (SSSR count). The summed E-state index contributed by atoms with van der Waals surface area (Å²) in [5.41, 5.74) is 0.655. The van der Waals surface area contributed by atoms with Crippen molar-refractivity contribution in [2.24, 2.45) is 0 Å². The zero-order valence-electron chi connectivity index (χ0n) is 14.4. The lowest BCUT2D eigenvalue weighted by Crippen LogP contribution is -2.72. The van der Waals surface area contributed by atoms with Gasteiger partial charge >= 0.3 is 5.97 Å². The highest BCUT2D eigenvalue weighted by atomic mass is 16.5. The highest BCUT2D eigenvalue weighted by molar-refractivity contribution is 5.99. The summed E-state index contributed by atoms with van der Waals surface area (Å²) in [6.07, 6.45) is 6.39. The van der Waals surface area contributed by atoms with E-state index < -0.39 is 18.2 Å². The van der Waals surface area contributed by atoms with Crippen LogP contribution in [0, 0.1) is 0 Å². The molecule has 2 atom stereocenters. The lowest BCUT2D eigenvalue weighted by Gasteiger charge is -2.49. The number of amides is 1. The summed E-state index contributed by atoms with van der Waals surface area (Å²) in [6.45, 7) is 3.45. The molecule has 134 valence electrons. The maximum Gasteiger partial charge on any atom is 0.352 e. The summed E-state index contributed by atoms with van der Waals surface area (Å²) < 4.78 is 7.66. The highest BCUT2D eigenvalue weighted by Gasteiger charge is 2.54. The smallest absolute Gasteiger partial charge is 0.352 e. The van der Waals surface area contributed by atoms with Crippen molar-refractivity contribution in [3.8, 4) is 0 Å². The molecule has 3 heterocycles. The predicted molar refractivity (Wildman–Crippen MR) is 89.2 cm³/mol. The van der Waals surface area contributed by atoms with Crippen LogP contribution in [-0.4, -0.2) is 47.3 Å². The van der Waals surface area contributed by atoms with Crippen molar-refractivity contribution in [1.29, 1.82) is 0 Å². The van der Waals surface area contributed by atoms with Crippen LogP contribution in [0.3, 0.4) is 0 Å². The monoisotopic (exact) mass is 346 g/mol. The Bertz CT molecular complexity index is 674. The van der Waals surface area contributed by atoms with Crippen LogP contribution in [-0.2, 0) is 20.9 Å². The number of hydrogen-bond donors (Lipinski definition) is 2. The number of carboxylic acids is 1. The Labute approximate surface area is 146 Å². The van der Waals surface area contributed by atoms with Crippen LogP contribution in [0.2, 0.25) is 0 Å². The number of β-lactam (4-membered cyclic amide) rings is 1. The van der Waals surface area contributed by atoms with E-state index in [4.69, 9.17) is 4.74 Å². The number of nitrogens with zero attached hydrogens (tertiary/aromatic N) is 2. The van der Waals surface area contributed by atoms with Crippen LogP contribution in [0.1, 0.15) is 26.2 Å². The number of aromatic nitrogens is 1. The van der Waals surface area contributed by atoms with Gasteiger partial charge in [-0.05, 0) is 13.0 Å². The van der Waals surface area contributed by atoms with Gasteiger partial charge in [0.05, 0.1) is 12.2 Å². The summed E-state index contributed by atoms with van der Waals surface area (Å²) in [5, 5.41) is 12.8. The first-order chi connectivity index (χ1) is 12.1. The van der Waals surface area contributed by atoms with Gasteiger partial charge in [0.1, 0.15) is 11.7 Å². The molecule has 1 amide bonds. The third-order valence-electron chi connectivity index (χ3n) is 4.55. The van der Waals surface area contributed by atoms with Crippen LogP contribution >= 0.6 is 0 Å². The van der Waals surface area contributed by atoms with Gasteiger partial charge in [-0.1, -0.05) is 25.8 Å². The van der Waals surface area contributed by atoms with Gasteiger partial charge in [0.2, 0.25) is 0 Å². The number of ether oxygens (including phenoxy) is 1. The second-order valence-corrected chi connectivity index (χ2v) is 6.35. The number of nitrogens with one attached hydrogen (secondary N) is 1. The molecule has 0 aliphatic carbocycles. The molecule has 0 spiro atoms. The molecule has 7 heteroatoms. The minimum Gasteiger partial charge on any atom is -0.477 e. The second-order valence-electron chi connectivity index (χ2n) is 6.35. The van der Waals surface area contributed by atoms with Crippen LogP contribution in [0.25, 0.3) is 0 Å². The van der Waals surface area contributed by atoms with Crippen molar-refractivity contribution in [1.82, 2.24) is 10.2 Å². The quantitative estimate of drug-likeness (QED) is 0.410. The second kappa shape index (κ2) is 7.76. The van der Waals surface area contributed by atoms with Crippen molar-refractivity contribution in [3.05, 3.63) is 41.9 Å². The number of fused-ring (bicyclic) bond motifs is 1. The molecule has 2 aliphatic rings. The minimum absolute atomic E-state index is 0.0595. The highest BCUT2D eigenvalue weighted by Crippen LogP contribution is 2.32. The fraction of sp³-hybridized carbons (Fsp3) is 0.500. The number of pyridine rings is 1. The van der Waals surface area contributed by atoms with Gasteiger partial charge in [-0.2, -0.15) is 0 Å². The number of unbranched alkanes of at least 4 members (excludes halogenated alkanes) is 2. The SMILES string of the molecule is CCCCCN[C@H]1C(=O)N2C(C(=O)O)=C(C[n+]3ccccc3)CO[C@H]12. The number of rotatable bonds is 8. The normalized spacial score (nSPS) is 22.6. The van der Waals surface area contributed by atoms with E-state index in [9.17, 15) is 14.7 Å². The molecule has 7 nitrogen and oxygen atoms in total. The number of aliphatic carboxylic acids is 1. The fourth-order valence-electron chi connectivity index (χ4n) is 3.25.